The quantitative estimate of drug-likeness (QED) is 0.111. The molecule has 1 saturated heterocycles. The number of phosphoric ester groups is 1. The molecule has 2 heterocycles. The third-order valence-electron chi connectivity index (χ3n) is 3.56. The zero-order chi connectivity index (χ0) is 24.6. The summed E-state index contributed by atoms with van der Waals surface area (Å²) in [6.07, 6.45) is -7.18. The van der Waals surface area contributed by atoms with Crippen LogP contribution in [0.4, 0.5) is 4.39 Å². The van der Waals surface area contributed by atoms with E-state index < -0.39 is 77.7 Å². The van der Waals surface area contributed by atoms with E-state index >= 15 is 0 Å². The minimum Gasteiger partial charge on any atom is -0.387 e. The van der Waals surface area contributed by atoms with E-state index in [9.17, 15) is 42.8 Å². The molecule has 0 bridgehead atoms. The average molecular weight is 552 g/mol. The Bertz CT molecular complexity index is 1100. The number of aliphatic hydroxyl groups excluding tert-OH is 2. The molecule has 1 aliphatic rings. The number of aromatic nitrogens is 2. The van der Waals surface area contributed by atoms with Crippen molar-refractivity contribution in [2.75, 3.05) is 6.61 Å². The molecule has 1 amide bonds. The van der Waals surface area contributed by atoms with E-state index in [1.165, 1.54) is 0 Å². The van der Waals surface area contributed by atoms with E-state index in [1.54, 1.807) is 0 Å². The summed E-state index contributed by atoms with van der Waals surface area (Å²) in [4.78, 5) is 61.7. The minimum absolute atomic E-state index is 0. The minimum atomic E-state index is -5.80. The Balaban J connectivity index is 0.00000544. The van der Waals surface area contributed by atoms with Gasteiger partial charge in [0.25, 0.3) is 11.5 Å². The van der Waals surface area contributed by atoms with Crippen molar-refractivity contribution in [1.82, 2.24) is 9.55 Å². The summed E-state index contributed by atoms with van der Waals surface area (Å²) in [5.74, 6) is -2.80. The Morgan fingerprint density at radius 2 is 1.73 bits per heavy atom. The molecule has 0 saturated carbocycles. The normalized spacial score (nSPS) is 26.8. The molecule has 8 N–H and O–H groups in total. The predicted octanol–water partition coefficient (Wildman–Crippen LogP) is -5.55. The number of carbonyl (C=O) groups is 1. The number of rotatable bonds is 9. The standard InChI is InChI=1S/C10H15FN3O15P3.Na/c11-4-1-14(9(18)5(13-4)8(12)17)10-7(16)6(15)3(27-10)2-26-31(22,23)29-32(24,25)28-30(19,20)21;/h1,3,6-7,10,15-16H,2H2,(H2,12,17)(H,22,23)(H,24,25)(H2,19,20,21);/q;+1/t3-,6-,7-,10-;/m1./s1. The number of aliphatic hydroxyl groups is 2. The van der Waals surface area contributed by atoms with Crippen LogP contribution in [-0.4, -0.2) is 70.2 Å². The molecule has 23 heteroatoms. The maximum absolute atomic E-state index is 13.6. The van der Waals surface area contributed by atoms with Gasteiger partial charge in [-0.2, -0.15) is 13.0 Å². The maximum Gasteiger partial charge on any atom is 1.00 e. The van der Waals surface area contributed by atoms with Crippen LogP contribution in [0.15, 0.2) is 11.0 Å². The van der Waals surface area contributed by atoms with Crippen molar-refractivity contribution in [2.24, 2.45) is 5.73 Å². The number of phosphoric acid groups is 3. The number of primary amides is 1. The summed E-state index contributed by atoms with van der Waals surface area (Å²) in [5.41, 5.74) is 2.52. The van der Waals surface area contributed by atoms with Gasteiger partial charge in [-0.1, -0.05) is 0 Å². The third-order valence-corrected chi connectivity index (χ3v) is 7.37. The van der Waals surface area contributed by atoms with E-state index in [0.717, 1.165) is 0 Å². The topological polar surface area (TPSA) is 287 Å². The molecule has 33 heavy (non-hydrogen) atoms. The van der Waals surface area contributed by atoms with E-state index in [4.69, 9.17) is 25.2 Å². The van der Waals surface area contributed by atoms with Gasteiger partial charge < -0.3 is 40.3 Å². The number of hydrogen-bond acceptors (Lipinski definition) is 12. The zero-order valence-electron chi connectivity index (χ0n) is 16.1. The molecule has 2 unspecified atom stereocenters. The van der Waals surface area contributed by atoms with E-state index in [-0.39, 0.29) is 29.6 Å². The van der Waals surface area contributed by atoms with Crippen LogP contribution in [0.3, 0.4) is 0 Å². The largest absolute Gasteiger partial charge is 1.00 e. The van der Waals surface area contributed by atoms with Crippen molar-refractivity contribution >= 4 is 29.4 Å². The molecule has 1 fully saturated rings. The predicted molar refractivity (Wildman–Crippen MR) is 92.7 cm³/mol. The van der Waals surface area contributed by atoms with Crippen LogP contribution in [0.5, 0.6) is 0 Å². The van der Waals surface area contributed by atoms with Crippen LogP contribution in [0, 0.1) is 5.95 Å². The number of nitrogens with zero attached hydrogens (tertiary/aromatic N) is 2. The van der Waals surface area contributed by atoms with Gasteiger partial charge in [0, 0.05) is 0 Å². The molecule has 1 aliphatic heterocycles. The van der Waals surface area contributed by atoms with Crippen molar-refractivity contribution in [3.8, 4) is 0 Å². The first-order chi connectivity index (χ1) is 14.4. The maximum atomic E-state index is 13.6. The van der Waals surface area contributed by atoms with Gasteiger partial charge in [0.2, 0.25) is 5.95 Å². The summed E-state index contributed by atoms with van der Waals surface area (Å²) in [5, 5.41) is 20.1. The number of ether oxygens (including phenoxy) is 1. The summed E-state index contributed by atoms with van der Waals surface area (Å²) in [6.45, 7) is -1.18. The Labute approximate surface area is 203 Å². The summed E-state index contributed by atoms with van der Waals surface area (Å²) in [6, 6.07) is 0. The van der Waals surface area contributed by atoms with Gasteiger partial charge >= 0.3 is 53.0 Å². The van der Waals surface area contributed by atoms with Crippen LogP contribution in [0.2, 0.25) is 0 Å². The molecular weight excluding hydrogens is 537 g/mol. The Hall–Kier alpha value is -0.430. The van der Waals surface area contributed by atoms with Gasteiger partial charge in [-0.15, -0.1) is 0 Å². The Morgan fingerprint density at radius 3 is 2.24 bits per heavy atom. The molecule has 1 aromatic rings. The average Bonchev–Trinajstić information content (AvgIpc) is 2.86. The van der Waals surface area contributed by atoms with E-state index in [2.05, 4.69) is 18.1 Å². The van der Waals surface area contributed by atoms with E-state index in [1.807, 2.05) is 0 Å². The molecule has 1 aromatic heterocycles. The molecule has 0 spiro atoms. The van der Waals surface area contributed by atoms with Gasteiger partial charge in [0.1, 0.15) is 18.3 Å². The zero-order valence-corrected chi connectivity index (χ0v) is 20.8. The second-order valence-electron chi connectivity index (χ2n) is 5.92. The fraction of sp³-hybridized carbons (Fsp3) is 0.500. The van der Waals surface area contributed by atoms with Gasteiger partial charge in [-0.25, -0.2) is 18.7 Å². The number of amides is 1. The number of hydrogen-bond donors (Lipinski definition) is 7. The second kappa shape index (κ2) is 11.1. The number of halogens is 1. The molecule has 182 valence electrons. The Kier molecular flexibility index (Phi) is 10.3. The van der Waals surface area contributed by atoms with Crippen LogP contribution < -0.4 is 40.9 Å². The molecule has 0 aromatic carbocycles. The molecular formula is C10H15FN3NaO15P3+. The molecule has 2 rings (SSSR count). The van der Waals surface area contributed by atoms with Crippen LogP contribution in [0.25, 0.3) is 0 Å². The van der Waals surface area contributed by atoms with Gasteiger partial charge in [-0.3, -0.25) is 18.7 Å². The van der Waals surface area contributed by atoms with Gasteiger partial charge in [-0.05, 0) is 0 Å². The number of nitrogens with two attached hydrogens (primary N) is 1. The molecule has 6 atom stereocenters. The van der Waals surface area contributed by atoms with Crippen molar-refractivity contribution in [1.29, 1.82) is 0 Å². The monoisotopic (exact) mass is 552 g/mol. The smallest absolute Gasteiger partial charge is 0.387 e. The third kappa shape index (κ3) is 8.33. The Morgan fingerprint density at radius 1 is 1.15 bits per heavy atom. The van der Waals surface area contributed by atoms with Crippen LogP contribution in [-0.2, 0) is 31.6 Å². The second-order valence-corrected chi connectivity index (χ2v) is 10.3. The fourth-order valence-electron chi connectivity index (χ4n) is 2.40. The van der Waals surface area contributed by atoms with Crippen molar-refractivity contribution < 1.29 is 100 Å². The number of carbonyl (C=O) groups excluding carboxylic acids is 1. The van der Waals surface area contributed by atoms with Crippen molar-refractivity contribution in [3.05, 3.63) is 28.2 Å². The first-order valence-electron chi connectivity index (χ1n) is 7.81. The summed E-state index contributed by atoms with van der Waals surface area (Å²) >= 11 is 0. The molecule has 0 radical (unpaired) electrons. The SMILES string of the molecule is NC(=O)c1nc(F)cn([C@@H]2O[C@H](COP(=O)(O)OP(=O)(O)OP(=O)(O)O)[C@@H](O)[C@H]2O)c1=O.[Na+]. The fourth-order valence-corrected chi connectivity index (χ4v) is 5.43. The van der Waals surface area contributed by atoms with Crippen molar-refractivity contribution in [2.45, 2.75) is 24.5 Å². The first kappa shape index (κ1) is 30.6. The first-order valence-corrected chi connectivity index (χ1v) is 12.3. The van der Waals surface area contributed by atoms with Gasteiger partial charge in [0.05, 0.1) is 12.8 Å². The van der Waals surface area contributed by atoms with Crippen molar-refractivity contribution in [3.63, 3.8) is 0 Å². The summed E-state index contributed by atoms with van der Waals surface area (Å²) < 4.78 is 63.8. The van der Waals surface area contributed by atoms with Crippen LogP contribution in [0.1, 0.15) is 16.7 Å². The molecule has 0 aliphatic carbocycles. The van der Waals surface area contributed by atoms with Gasteiger partial charge in [0.15, 0.2) is 11.9 Å². The van der Waals surface area contributed by atoms with Crippen LogP contribution >= 0.6 is 23.5 Å². The van der Waals surface area contributed by atoms with E-state index in [0.29, 0.717) is 10.8 Å². The summed E-state index contributed by atoms with van der Waals surface area (Å²) in [7, 11) is -17.0. The molecule has 18 nitrogen and oxygen atoms in total.